The number of hydrogen-bond acceptors (Lipinski definition) is 6. The maximum absolute atomic E-state index is 13.8. The number of nitrogens with one attached hydrogen (secondary N) is 1. The van der Waals surface area contributed by atoms with Gasteiger partial charge in [0.25, 0.3) is 11.8 Å². The van der Waals surface area contributed by atoms with E-state index >= 15 is 0 Å². The third-order valence-corrected chi connectivity index (χ3v) is 8.19. The Morgan fingerprint density at radius 2 is 1.73 bits per heavy atom. The van der Waals surface area contributed by atoms with Gasteiger partial charge >= 0.3 is 0 Å². The van der Waals surface area contributed by atoms with E-state index in [0.29, 0.717) is 75.5 Å². The zero-order chi connectivity index (χ0) is 32.4. The molecular formula is C33H50N6O5. The largest absolute Gasteiger partial charge is 0.493 e. The molecule has 11 nitrogen and oxygen atoms in total. The molecule has 242 valence electrons. The van der Waals surface area contributed by atoms with Crippen LogP contribution in [0.5, 0.6) is 5.75 Å². The third-order valence-electron chi connectivity index (χ3n) is 8.19. The summed E-state index contributed by atoms with van der Waals surface area (Å²) in [4.78, 5) is 59.2. The van der Waals surface area contributed by atoms with E-state index < -0.39 is 6.04 Å². The molecule has 0 saturated heterocycles. The molecule has 0 saturated carbocycles. The molecular weight excluding hydrogens is 560 g/mol. The van der Waals surface area contributed by atoms with Gasteiger partial charge in [0.05, 0.1) is 12.2 Å². The fourth-order valence-corrected chi connectivity index (χ4v) is 5.26. The normalized spacial score (nSPS) is 17.7. The predicted octanol–water partition coefficient (Wildman–Crippen LogP) is 3.96. The summed E-state index contributed by atoms with van der Waals surface area (Å²) >= 11 is 0. The number of ether oxygens (including phenoxy) is 1. The maximum atomic E-state index is 13.8. The first-order chi connectivity index (χ1) is 20.8. The number of carbonyl (C=O) groups is 4. The molecule has 0 radical (unpaired) electrons. The summed E-state index contributed by atoms with van der Waals surface area (Å²) in [6, 6.07) is 8.18. The number of likely N-dealkylation sites (N-methyl/N-ethyl adjacent to an activating group) is 2. The number of benzene rings is 1. The van der Waals surface area contributed by atoms with Crippen molar-refractivity contribution >= 4 is 23.6 Å². The summed E-state index contributed by atoms with van der Waals surface area (Å²) in [5, 5.41) is 7.17. The highest BCUT2D eigenvalue weighted by Crippen LogP contribution is 2.23. The number of aromatic amines is 1. The number of carbonyl (C=O) groups excluding carboxylic acids is 4. The number of hydrogen-bond donors (Lipinski definition) is 1. The van der Waals surface area contributed by atoms with Crippen LogP contribution in [0.2, 0.25) is 0 Å². The van der Waals surface area contributed by atoms with Gasteiger partial charge < -0.3 is 24.3 Å². The van der Waals surface area contributed by atoms with Crippen LogP contribution >= 0.6 is 0 Å². The molecule has 11 heteroatoms. The summed E-state index contributed by atoms with van der Waals surface area (Å²) in [5.74, 6) is -0.113. The second-order valence-corrected chi connectivity index (χ2v) is 12.7. The van der Waals surface area contributed by atoms with E-state index in [1.807, 2.05) is 11.0 Å². The molecule has 0 unspecified atom stereocenters. The second kappa shape index (κ2) is 15.7. The zero-order valence-corrected chi connectivity index (χ0v) is 27.5. The van der Waals surface area contributed by atoms with Crippen molar-refractivity contribution in [3.8, 4) is 5.75 Å². The van der Waals surface area contributed by atoms with E-state index in [-0.39, 0.29) is 29.0 Å². The van der Waals surface area contributed by atoms with E-state index in [1.165, 1.54) is 4.90 Å². The van der Waals surface area contributed by atoms with Gasteiger partial charge in [-0.25, -0.2) is 0 Å². The zero-order valence-electron chi connectivity index (χ0n) is 27.5. The Labute approximate surface area is 261 Å². The molecule has 1 atom stereocenters. The molecule has 44 heavy (non-hydrogen) atoms. The number of H-pyrrole nitrogens is 1. The van der Waals surface area contributed by atoms with Crippen LogP contribution in [0.4, 0.5) is 0 Å². The minimum atomic E-state index is -0.677. The van der Waals surface area contributed by atoms with Gasteiger partial charge in [-0.2, -0.15) is 5.10 Å². The Morgan fingerprint density at radius 3 is 2.41 bits per heavy atom. The van der Waals surface area contributed by atoms with Crippen molar-refractivity contribution in [3.05, 3.63) is 47.3 Å². The topological polar surface area (TPSA) is 119 Å². The summed E-state index contributed by atoms with van der Waals surface area (Å²) in [6.45, 7) is 10.3. The average molecular weight is 611 g/mol. The van der Waals surface area contributed by atoms with Gasteiger partial charge in [0, 0.05) is 65.4 Å². The lowest BCUT2D eigenvalue weighted by Crippen LogP contribution is -2.48. The summed E-state index contributed by atoms with van der Waals surface area (Å²) in [6.07, 6.45) is 3.91. The lowest BCUT2D eigenvalue weighted by atomic mass is 9.92. The quantitative estimate of drug-likeness (QED) is 0.495. The molecule has 0 spiro atoms. The number of fused-ring (bicyclic) bond motifs is 1. The standard InChI is InChI=1S/C33H50N6O5/c1-24(40)39-20-13-12-19-37(6)32(43)27(38(7)30(41)25-15-8-9-17-28(25)44-22-14-21-39)16-10-11-18-36(5)31(42)26-23-29(35-34-26)33(2,3)4/h8-9,15,17,23,27H,10-14,16,18-22H2,1-7H3,(H,34,35)/t27-/m0/s1. The Balaban J connectivity index is 1.71. The van der Waals surface area contributed by atoms with E-state index in [4.69, 9.17) is 4.74 Å². The van der Waals surface area contributed by atoms with Crippen LogP contribution in [0.25, 0.3) is 0 Å². The highest BCUT2D eigenvalue weighted by molar-refractivity contribution is 5.99. The lowest BCUT2D eigenvalue weighted by Gasteiger charge is -2.32. The van der Waals surface area contributed by atoms with Gasteiger partial charge in [0.2, 0.25) is 11.8 Å². The molecule has 0 bridgehead atoms. The van der Waals surface area contributed by atoms with Crippen molar-refractivity contribution in [1.29, 1.82) is 0 Å². The van der Waals surface area contributed by atoms with Gasteiger partial charge in [-0.3, -0.25) is 24.3 Å². The predicted molar refractivity (Wildman–Crippen MR) is 170 cm³/mol. The average Bonchev–Trinajstić information content (AvgIpc) is 3.49. The Bertz CT molecular complexity index is 1290. The van der Waals surface area contributed by atoms with Gasteiger partial charge in [-0.15, -0.1) is 0 Å². The summed E-state index contributed by atoms with van der Waals surface area (Å²) in [5.41, 5.74) is 1.53. The summed E-state index contributed by atoms with van der Waals surface area (Å²) < 4.78 is 6.00. The van der Waals surface area contributed by atoms with Crippen molar-refractivity contribution in [3.63, 3.8) is 0 Å². The molecule has 0 aliphatic carbocycles. The molecule has 0 fully saturated rings. The number of amides is 4. The molecule has 1 aliphatic heterocycles. The molecule has 4 amide bonds. The van der Waals surface area contributed by atoms with Gasteiger partial charge in [0.15, 0.2) is 0 Å². The molecule has 2 heterocycles. The highest BCUT2D eigenvalue weighted by atomic mass is 16.5. The number of nitrogens with zero attached hydrogens (tertiary/aromatic N) is 5. The van der Waals surface area contributed by atoms with Crippen molar-refractivity contribution in [2.75, 3.05) is 53.9 Å². The van der Waals surface area contributed by atoms with Crippen LogP contribution in [0.1, 0.15) is 92.8 Å². The maximum Gasteiger partial charge on any atom is 0.274 e. The number of aromatic nitrogens is 2. The smallest absolute Gasteiger partial charge is 0.274 e. The highest BCUT2D eigenvalue weighted by Gasteiger charge is 2.31. The van der Waals surface area contributed by atoms with E-state index in [0.717, 1.165) is 18.5 Å². The molecule has 3 rings (SSSR count). The molecule has 1 aromatic heterocycles. The molecule has 1 aromatic carbocycles. The van der Waals surface area contributed by atoms with E-state index in [1.54, 1.807) is 62.1 Å². The van der Waals surface area contributed by atoms with Crippen molar-refractivity contribution in [2.45, 2.75) is 77.7 Å². The van der Waals surface area contributed by atoms with Gasteiger partial charge in [-0.05, 0) is 56.7 Å². The van der Waals surface area contributed by atoms with Crippen LogP contribution < -0.4 is 4.74 Å². The van der Waals surface area contributed by atoms with Crippen molar-refractivity contribution in [1.82, 2.24) is 29.8 Å². The van der Waals surface area contributed by atoms with Crippen LogP contribution in [0.3, 0.4) is 0 Å². The van der Waals surface area contributed by atoms with Crippen LogP contribution in [0, 0.1) is 0 Å². The van der Waals surface area contributed by atoms with Crippen LogP contribution in [-0.4, -0.2) is 113 Å². The van der Waals surface area contributed by atoms with Crippen LogP contribution in [-0.2, 0) is 15.0 Å². The first-order valence-corrected chi connectivity index (χ1v) is 15.6. The molecule has 1 N–H and O–H groups in total. The number of rotatable bonds is 6. The van der Waals surface area contributed by atoms with Crippen LogP contribution in [0.15, 0.2) is 30.3 Å². The molecule has 2 aromatic rings. The van der Waals surface area contributed by atoms with E-state index in [2.05, 4.69) is 31.0 Å². The van der Waals surface area contributed by atoms with Gasteiger partial charge in [0.1, 0.15) is 17.5 Å². The molecule has 1 aliphatic rings. The van der Waals surface area contributed by atoms with Crippen molar-refractivity contribution in [2.24, 2.45) is 0 Å². The van der Waals surface area contributed by atoms with Crippen molar-refractivity contribution < 1.29 is 23.9 Å². The third kappa shape index (κ3) is 9.30. The van der Waals surface area contributed by atoms with E-state index in [9.17, 15) is 19.2 Å². The second-order valence-electron chi connectivity index (χ2n) is 12.7. The summed E-state index contributed by atoms with van der Waals surface area (Å²) in [7, 11) is 5.18. The monoisotopic (exact) mass is 610 g/mol. The lowest BCUT2D eigenvalue weighted by molar-refractivity contribution is -0.135. The minimum Gasteiger partial charge on any atom is -0.493 e. The Kier molecular flexibility index (Phi) is 12.4. The SMILES string of the molecule is CC(=O)N1CCCCN(C)C(=O)[C@H](CCCCN(C)C(=O)c2cc(C(C)(C)C)[nH]n2)N(C)C(=O)c2ccccc2OCCC1. The number of para-hydroxylation sites is 1. The fourth-order valence-electron chi connectivity index (χ4n) is 5.26. The Morgan fingerprint density at radius 1 is 1.05 bits per heavy atom. The van der Waals surface area contributed by atoms with Gasteiger partial charge in [-0.1, -0.05) is 32.9 Å². The Hall–Kier alpha value is -3.89. The first-order valence-electron chi connectivity index (χ1n) is 15.6. The number of unbranched alkanes of at least 4 members (excludes halogenated alkanes) is 1. The fraction of sp³-hybridized carbons (Fsp3) is 0.606. The first kappa shape index (κ1) is 34.6. The minimum absolute atomic E-state index is 0.0131.